The van der Waals surface area contributed by atoms with Crippen LogP contribution in [-0.4, -0.2) is 27.5 Å². The molecule has 7 nitrogen and oxygen atoms in total. The molecular formula is C21H23N5O2. The Kier molecular flexibility index (Phi) is 4.31. The molecule has 0 aromatic carbocycles. The van der Waals surface area contributed by atoms with Crippen molar-refractivity contribution in [3.05, 3.63) is 42.2 Å². The fraction of sp³-hybridized carbons (Fsp3) is 0.429. The van der Waals surface area contributed by atoms with Crippen LogP contribution >= 0.6 is 0 Å². The highest BCUT2D eigenvalue weighted by atomic mass is 16.3. The van der Waals surface area contributed by atoms with E-state index in [-0.39, 0.29) is 11.8 Å². The number of hydrogen-bond donors (Lipinski definition) is 2. The third-order valence-electron chi connectivity index (χ3n) is 5.61. The molecule has 2 aromatic rings. The topological polar surface area (TPSA) is 102 Å². The van der Waals surface area contributed by atoms with Gasteiger partial charge in [-0.25, -0.2) is 9.97 Å². The van der Waals surface area contributed by atoms with Gasteiger partial charge in [-0.05, 0) is 51.2 Å². The molecule has 0 spiro atoms. The summed E-state index contributed by atoms with van der Waals surface area (Å²) in [6, 6.07) is 9.47. The normalized spacial score (nSPS) is 22.2. The molecule has 4 rings (SSSR count). The first-order valence-corrected chi connectivity index (χ1v) is 9.49. The predicted octanol–water partition coefficient (Wildman–Crippen LogP) is 3.10. The Morgan fingerprint density at radius 2 is 2.07 bits per heavy atom. The van der Waals surface area contributed by atoms with Crippen molar-refractivity contribution in [2.24, 2.45) is 11.3 Å². The quantitative estimate of drug-likeness (QED) is 0.830. The molecule has 1 saturated heterocycles. The Balaban J connectivity index is 1.52. The van der Waals surface area contributed by atoms with Crippen molar-refractivity contribution in [3.8, 4) is 6.07 Å². The summed E-state index contributed by atoms with van der Waals surface area (Å²) in [5.41, 5.74) is -0.358. The predicted molar refractivity (Wildman–Crippen MR) is 105 cm³/mol. The molecule has 0 radical (unpaired) electrons. The minimum absolute atomic E-state index is 0.0951. The number of pyridine rings is 2. The second-order valence-corrected chi connectivity index (χ2v) is 8.08. The molecule has 3 heterocycles. The first-order chi connectivity index (χ1) is 13.3. The highest BCUT2D eigenvalue weighted by Crippen LogP contribution is 2.51. The number of carbonyl (C=O) groups excluding carboxylic acids is 1. The Hall–Kier alpha value is -2.98. The number of nitrogens with zero attached hydrogens (tertiary/aromatic N) is 4. The average Bonchev–Trinajstić information content (AvgIpc) is 3.46. The van der Waals surface area contributed by atoms with E-state index in [1.54, 1.807) is 55.4 Å². The highest BCUT2D eigenvalue weighted by Gasteiger charge is 2.56. The summed E-state index contributed by atoms with van der Waals surface area (Å²) < 4.78 is 0. The van der Waals surface area contributed by atoms with Gasteiger partial charge in [-0.3, -0.25) is 4.79 Å². The van der Waals surface area contributed by atoms with E-state index in [4.69, 9.17) is 0 Å². The lowest BCUT2D eigenvalue weighted by Crippen LogP contribution is -2.35. The van der Waals surface area contributed by atoms with Gasteiger partial charge in [0.15, 0.2) is 0 Å². The van der Waals surface area contributed by atoms with E-state index in [1.165, 1.54) is 0 Å². The van der Waals surface area contributed by atoms with Gasteiger partial charge in [-0.1, -0.05) is 6.07 Å². The third-order valence-corrected chi connectivity index (χ3v) is 5.61. The van der Waals surface area contributed by atoms with E-state index in [1.807, 2.05) is 0 Å². The molecule has 0 bridgehead atoms. The molecule has 7 heteroatoms. The van der Waals surface area contributed by atoms with E-state index < -0.39 is 11.0 Å². The molecule has 144 valence electrons. The van der Waals surface area contributed by atoms with E-state index in [9.17, 15) is 15.2 Å². The lowest BCUT2D eigenvalue weighted by Gasteiger charge is -2.21. The van der Waals surface area contributed by atoms with Gasteiger partial charge in [0, 0.05) is 36.3 Å². The zero-order valence-electron chi connectivity index (χ0n) is 16.0. The van der Waals surface area contributed by atoms with Crippen LogP contribution in [0, 0.1) is 22.7 Å². The van der Waals surface area contributed by atoms with Gasteiger partial charge in [0.1, 0.15) is 17.1 Å². The number of nitrogens with one attached hydrogen (secondary N) is 1. The minimum Gasteiger partial charge on any atom is -0.386 e. The molecule has 1 atom stereocenters. The summed E-state index contributed by atoms with van der Waals surface area (Å²) in [6.45, 7) is 3.96. The number of carbonyl (C=O) groups is 1. The molecule has 2 aliphatic rings. The molecule has 2 aromatic heterocycles. The number of nitriles is 1. The Bertz CT molecular complexity index is 941. The van der Waals surface area contributed by atoms with Crippen molar-refractivity contribution < 1.29 is 9.90 Å². The van der Waals surface area contributed by atoms with Gasteiger partial charge in [0.2, 0.25) is 5.91 Å². The summed E-state index contributed by atoms with van der Waals surface area (Å²) in [5, 5.41) is 22.8. The number of aliphatic hydroxyl groups is 1. The first-order valence-electron chi connectivity index (χ1n) is 9.49. The zero-order valence-corrected chi connectivity index (χ0v) is 16.0. The fourth-order valence-electron chi connectivity index (χ4n) is 3.75. The molecule has 28 heavy (non-hydrogen) atoms. The molecule has 1 amide bonds. The first kappa shape index (κ1) is 18.4. The van der Waals surface area contributed by atoms with Gasteiger partial charge in [0.05, 0.1) is 11.7 Å². The maximum absolute atomic E-state index is 13.0. The van der Waals surface area contributed by atoms with Crippen molar-refractivity contribution in [1.82, 2.24) is 9.97 Å². The molecule has 0 unspecified atom stereocenters. The van der Waals surface area contributed by atoms with Crippen LogP contribution in [0.5, 0.6) is 0 Å². The van der Waals surface area contributed by atoms with Crippen molar-refractivity contribution >= 4 is 23.2 Å². The largest absolute Gasteiger partial charge is 0.386 e. The van der Waals surface area contributed by atoms with Crippen LogP contribution in [-0.2, 0) is 10.4 Å². The maximum Gasteiger partial charge on any atom is 0.247 e. The third kappa shape index (κ3) is 3.20. The van der Waals surface area contributed by atoms with Gasteiger partial charge in [0.25, 0.3) is 0 Å². The van der Waals surface area contributed by atoms with E-state index in [2.05, 4.69) is 21.4 Å². The van der Waals surface area contributed by atoms with Crippen LogP contribution in [0.25, 0.3) is 0 Å². The zero-order chi connectivity index (χ0) is 19.9. The lowest BCUT2D eigenvalue weighted by atomic mass is 9.83. The second kappa shape index (κ2) is 6.57. The molecule has 2 fully saturated rings. The number of amides is 1. The number of anilines is 3. The van der Waals surface area contributed by atoms with Crippen LogP contribution in [0.15, 0.2) is 36.7 Å². The molecule has 1 aliphatic carbocycles. The van der Waals surface area contributed by atoms with E-state index in [0.717, 1.165) is 24.1 Å². The summed E-state index contributed by atoms with van der Waals surface area (Å²) in [6.07, 6.45) is 5.76. The van der Waals surface area contributed by atoms with Gasteiger partial charge < -0.3 is 15.3 Å². The highest BCUT2D eigenvalue weighted by molar-refractivity contribution is 6.02. The standard InChI is InChI=1S/C21H23N5O2/c1-20(2,28)15-5-6-17(24-12-15)25-18-11-16(7-9-23-18)26-10-8-21(13-22,19(26)27)14-3-4-14/h5-7,9,11-12,14,28H,3-4,8,10H2,1-2H3,(H,23,24,25)/t21-/m1/s1. The lowest BCUT2D eigenvalue weighted by molar-refractivity contribution is -0.123. The molecule has 1 aliphatic heterocycles. The van der Waals surface area contributed by atoms with Crippen LogP contribution in [0.2, 0.25) is 0 Å². The van der Waals surface area contributed by atoms with Crippen LogP contribution in [0.3, 0.4) is 0 Å². The smallest absolute Gasteiger partial charge is 0.247 e. The Labute approximate surface area is 164 Å². The monoisotopic (exact) mass is 377 g/mol. The van der Waals surface area contributed by atoms with Gasteiger partial charge in [-0.15, -0.1) is 0 Å². The second-order valence-electron chi connectivity index (χ2n) is 8.08. The molecular weight excluding hydrogens is 354 g/mol. The minimum atomic E-state index is -0.950. The van der Waals surface area contributed by atoms with Gasteiger partial charge in [-0.2, -0.15) is 5.26 Å². The Morgan fingerprint density at radius 3 is 2.68 bits per heavy atom. The van der Waals surface area contributed by atoms with Crippen molar-refractivity contribution in [1.29, 1.82) is 5.26 Å². The van der Waals surface area contributed by atoms with E-state index in [0.29, 0.717) is 24.6 Å². The van der Waals surface area contributed by atoms with Crippen molar-refractivity contribution in [3.63, 3.8) is 0 Å². The molecule has 2 N–H and O–H groups in total. The SMILES string of the molecule is CC(C)(O)c1ccc(Nc2cc(N3CC[C@@](C#N)(C4CC4)C3=O)ccn2)nc1. The summed E-state index contributed by atoms with van der Waals surface area (Å²) >= 11 is 0. The summed E-state index contributed by atoms with van der Waals surface area (Å²) in [5.74, 6) is 1.26. The molecule has 1 saturated carbocycles. The van der Waals surface area contributed by atoms with Crippen molar-refractivity contribution in [2.45, 2.75) is 38.7 Å². The van der Waals surface area contributed by atoms with Crippen LogP contribution in [0.1, 0.15) is 38.7 Å². The van der Waals surface area contributed by atoms with Crippen LogP contribution < -0.4 is 10.2 Å². The fourth-order valence-corrected chi connectivity index (χ4v) is 3.75. The average molecular weight is 377 g/mol. The van der Waals surface area contributed by atoms with Crippen molar-refractivity contribution in [2.75, 3.05) is 16.8 Å². The summed E-state index contributed by atoms with van der Waals surface area (Å²) in [4.78, 5) is 23.3. The number of hydrogen-bond acceptors (Lipinski definition) is 6. The van der Waals surface area contributed by atoms with Gasteiger partial charge >= 0.3 is 0 Å². The Morgan fingerprint density at radius 1 is 1.29 bits per heavy atom. The number of aromatic nitrogens is 2. The maximum atomic E-state index is 13.0. The summed E-state index contributed by atoms with van der Waals surface area (Å²) in [7, 11) is 0. The van der Waals surface area contributed by atoms with Crippen LogP contribution in [0.4, 0.5) is 17.3 Å². The number of rotatable bonds is 5. The van der Waals surface area contributed by atoms with E-state index >= 15 is 0 Å².